The van der Waals surface area contributed by atoms with Crippen molar-refractivity contribution in [1.29, 1.82) is 0 Å². The van der Waals surface area contributed by atoms with Crippen LogP contribution in [0, 0.1) is 5.92 Å². The number of hydrogen-bond acceptors (Lipinski definition) is 5. The van der Waals surface area contributed by atoms with Crippen molar-refractivity contribution in [3.8, 4) is 0 Å². The second-order valence-corrected chi connectivity index (χ2v) is 7.89. The van der Waals surface area contributed by atoms with E-state index in [0.29, 0.717) is 5.71 Å². The van der Waals surface area contributed by atoms with Gasteiger partial charge in [0.1, 0.15) is 5.71 Å². The summed E-state index contributed by atoms with van der Waals surface area (Å²) in [5.41, 5.74) is 3.78. The number of fused-ring (bicyclic) bond motifs is 1. The second kappa shape index (κ2) is 8.20. The van der Waals surface area contributed by atoms with Crippen molar-refractivity contribution in [1.82, 2.24) is 15.1 Å². The molecule has 146 valence electrons. The van der Waals surface area contributed by atoms with Crippen molar-refractivity contribution in [2.75, 3.05) is 33.2 Å². The summed E-state index contributed by atoms with van der Waals surface area (Å²) in [6.45, 7) is 6.56. The van der Waals surface area contributed by atoms with E-state index in [1.165, 1.54) is 5.56 Å². The van der Waals surface area contributed by atoms with Gasteiger partial charge in [0, 0.05) is 32.7 Å². The molecule has 1 amide bonds. The Balaban J connectivity index is 1.41. The fourth-order valence-corrected chi connectivity index (χ4v) is 3.98. The molecule has 1 aromatic carbocycles. The molecule has 1 aromatic rings. The molecule has 0 bridgehead atoms. The fourth-order valence-electron chi connectivity index (χ4n) is 3.98. The third kappa shape index (κ3) is 4.29. The van der Waals surface area contributed by atoms with Crippen LogP contribution in [0.25, 0.3) is 0 Å². The fraction of sp³-hybridized carbons (Fsp3) is 0.409. The Bertz CT molecular complexity index is 855. The summed E-state index contributed by atoms with van der Waals surface area (Å²) in [4.78, 5) is 17.6. The molecular formula is C22H27N5O. The highest BCUT2D eigenvalue weighted by molar-refractivity contribution is 6.46. The van der Waals surface area contributed by atoms with Crippen molar-refractivity contribution in [3.63, 3.8) is 0 Å². The van der Waals surface area contributed by atoms with E-state index in [2.05, 4.69) is 62.7 Å². The molecule has 2 aliphatic heterocycles. The number of nitrogens with zero attached hydrogens (tertiary/aromatic N) is 4. The van der Waals surface area contributed by atoms with Gasteiger partial charge in [-0.1, -0.05) is 48.1 Å². The van der Waals surface area contributed by atoms with E-state index in [-0.39, 0.29) is 17.9 Å². The van der Waals surface area contributed by atoms with Gasteiger partial charge in [-0.3, -0.25) is 9.69 Å². The summed E-state index contributed by atoms with van der Waals surface area (Å²) in [6, 6.07) is 10.5. The molecule has 28 heavy (non-hydrogen) atoms. The van der Waals surface area contributed by atoms with E-state index in [0.717, 1.165) is 44.0 Å². The van der Waals surface area contributed by atoms with Crippen molar-refractivity contribution in [3.05, 3.63) is 59.7 Å². The van der Waals surface area contributed by atoms with Crippen LogP contribution in [0.2, 0.25) is 0 Å². The molecule has 0 radical (unpaired) electrons. The largest absolute Gasteiger partial charge is 0.346 e. The molecule has 2 unspecified atom stereocenters. The minimum atomic E-state index is -0.117. The summed E-state index contributed by atoms with van der Waals surface area (Å²) in [6.07, 6.45) is 6.02. The Hall–Kier alpha value is -2.57. The molecule has 6 heteroatoms. The molecule has 4 rings (SSSR count). The smallest absolute Gasteiger partial charge is 0.268 e. The summed E-state index contributed by atoms with van der Waals surface area (Å²) >= 11 is 0. The van der Waals surface area contributed by atoms with Crippen LogP contribution in [-0.2, 0) is 11.3 Å². The first-order chi connectivity index (χ1) is 13.6. The van der Waals surface area contributed by atoms with Crippen molar-refractivity contribution in [2.24, 2.45) is 16.1 Å². The van der Waals surface area contributed by atoms with Crippen molar-refractivity contribution < 1.29 is 4.79 Å². The molecule has 1 saturated heterocycles. The lowest BCUT2D eigenvalue weighted by atomic mass is 9.91. The van der Waals surface area contributed by atoms with Gasteiger partial charge in [-0.05, 0) is 25.6 Å². The molecule has 0 aromatic heterocycles. The average molecular weight is 377 g/mol. The monoisotopic (exact) mass is 377 g/mol. The standard InChI is InChI=1S/C22H27N5O/c1-16-8-9-20-19(12-16)21(25-24-20)22(28)23-18-14-26(2)10-11-27(15-18)13-17-6-4-3-5-7-17/h3-9,12,18-19H,10-11,13-15H2,1-2H3,(H,23,28). The van der Waals surface area contributed by atoms with Crippen LogP contribution in [0.1, 0.15) is 12.5 Å². The van der Waals surface area contributed by atoms with Crippen LogP contribution in [0.3, 0.4) is 0 Å². The maximum atomic E-state index is 13.0. The molecule has 6 nitrogen and oxygen atoms in total. The van der Waals surface area contributed by atoms with Crippen molar-refractivity contribution in [2.45, 2.75) is 19.5 Å². The number of allylic oxidation sites excluding steroid dienone is 4. The zero-order valence-electron chi connectivity index (χ0n) is 16.5. The summed E-state index contributed by atoms with van der Waals surface area (Å²) < 4.78 is 0. The molecular weight excluding hydrogens is 350 g/mol. The van der Waals surface area contributed by atoms with Crippen LogP contribution in [0.15, 0.2) is 64.3 Å². The van der Waals surface area contributed by atoms with Gasteiger partial charge in [0.25, 0.3) is 5.91 Å². The van der Waals surface area contributed by atoms with Gasteiger partial charge in [0.2, 0.25) is 0 Å². The zero-order valence-corrected chi connectivity index (χ0v) is 16.5. The molecule has 1 fully saturated rings. The first kappa shape index (κ1) is 18.8. The molecule has 2 atom stereocenters. The van der Waals surface area contributed by atoms with Gasteiger partial charge in [-0.2, -0.15) is 5.10 Å². The van der Waals surface area contributed by atoms with Crippen LogP contribution in [0.5, 0.6) is 0 Å². The molecule has 0 saturated carbocycles. The number of carbonyl (C=O) groups excluding carboxylic acids is 1. The van der Waals surface area contributed by atoms with Crippen LogP contribution < -0.4 is 5.32 Å². The SMILES string of the molecule is CC1=CC2C(=NN=C2C(=O)NC2CN(C)CCN(Cc3ccccc3)C2)C=C1. The zero-order chi connectivity index (χ0) is 19.5. The molecule has 0 spiro atoms. The summed E-state index contributed by atoms with van der Waals surface area (Å²) in [5, 5.41) is 11.6. The quantitative estimate of drug-likeness (QED) is 0.871. The van der Waals surface area contributed by atoms with E-state index in [4.69, 9.17) is 0 Å². The minimum absolute atomic E-state index is 0.0553. The van der Waals surface area contributed by atoms with Gasteiger partial charge < -0.3 is 10.2 Å². The Morgan fingerprint density at radius 3 is 2.79 bits per heavy atom. The van der Waals surface area contributed by atoms with Crippen molar-refractivity contribution >= 4 is 17.3 Å². The minimum Gasteiger partial charge on any atom is -0.346 e. The van der Waals surface area contributed by atoms with E-state index in [1.807, 2.05) is 25.1 Å². The van der Waals surface area contributed by atoms with E-state index in [1.54, 1.807) is 0 Å². The maximum Gasteiger partial charge on any atom is 0.268 e. The van der Waals surface area contributed by atoms with Crippen LogP contribution >= 0.6 is 0 Å². The predicted molar refractivity (Wildman–Crippen MR) is 112 cm³/mol. The van der Waals surface area contributed by atoms with E-state index < -0.39 is 0 Å². The predicted octanol–water partition coefficient (Wildman–Crippen LogP) is 1.86. The van der Waals surface area contributed by atoms with Gasteiger partial charge in [-0.15, -0.1) is 5.10 Å². The number of hydrogen-bond donors (Lipinski definition) is 1. The van der Waals surface area contributed by atoms with Crippen LogP contribution in [0.4, 0.5) is 0 Å². The highest BCUT2D eigenvalue weighted by Gasteiger charge is 2.32. The Morgan fingerprint density at radius 2 is 1.96 bits per heavy atom. The number of carbonyl (C=O) groups is 1. The second-order valence-electron chi connectivity index (χ2n) is 7.89. The van der Waals surface area contributed by atoms with Gasteiger partial charge in [0.05, 0.1) is 17.7 Å². The summed E-state index contributed by atoms with van der Waals surface area (Å²) in [5.74, 6) is -0.225. The number of amides is 1. The lowest BCUT2D eigenvalue weighted by molar-refractivity contribution is -0.115. The first-order valence-electron chi connectivity index (χ1n) is 9.86. The Morgan fingerprint density at radius 1 is 1.14 bits per heavy atom. The Labute approximate surface area is 166 Å². The molecule has 1 N–H and O–H groups in total. The summed E-state index contributed by atoms with van der Waals surface area (Å²) in [7, 11) is 2.11. The molecule has 3 aliphatic rings. The third-order valence-corrected chi connectivity index (χ3v) is 5.46. The molecule has 2 heterocycles. The maximum absolute atomic E-state index is 13.0. The highest BCUT2D eigenvalue weighted by Crippen LogP contribution is 2.21. The number of nitrogens with one attached hydrogen (secondary N) is 1. The number of likely N-dealkylation sites (N-methyl/N-ethyl adjacent to an activating group) is 1. The van der Waals surface area contributed by atoms with E-state index in [9.17, 15) is 4.79 Å². The van der Waals surface area contributed by atoms with Gasteiger partial charge in [0.15, 0.2) is 0 Å². The third-order valence-electron chi connectivity index (χ3n) is 5.46. The average Bonchev–Trinajstić information content (AvgIpc) is 3.01. The normalized spacial score (nSPS) is 25.4. The highest BCUT2D eigenvalue weighted by atomic mass is 16.2. The number of benzene rings is 1. The Kier molecular flexibility index (Phi) is 5.50. The topological polar surface area (TPSA) is 60.3 Å². The lowest BCUT2D eigenvalue weighted by Gasteiger charge is -2.25. The lowest BCUT2D eigenvalue weighted by Crippen LogP contribution is -2.49. The van der Waals surface area contributed by atoms with Gasteiger partial charge >= 0.3 is 0 Å². The molecule has 1 aliphatic carbocycles. The van der Waals surface area contributed by atoms with Crippen LogP contribution in [-0.4, -0.2) is 66.4 Å². The first-order valence-corrected chi connectivity index (χ1v) is 9.86. The van der Waals surface area contributed by atoms with E-state index >= 15 is 0 Å². The number of rotatable bonds is 4. The van der Waals surface area contributed by atoms with Gasteiger partial charge in [-0.25, -0.2) is 0 Å².